The van der Waals surface area contributed by atoms with Gasteiger partial charge in [-0.2, -0.15) is 0 Å². The molecule has 3 aromatic rings. The standard InChI is InChI=1S/C16H16N4O2/c1-16(2,3)22-15(21)20-13(12-10-17-7-8-18-12)9-11-5-4-6-19-14(11)20/h4-10H,1-3H3. The highest BCUT2D eigenvalue weighted by molar-refractivity contribution is 5.93. The lowest BCUT2D eigenvalue weighted by atomic mass is 10.2. The average molecular weight is 296 g/mol. The molecule has 0 unspecified atom stereocenters. The van der Waals surface area contributed by atoms with Crippen LogP contribution in [0.3, 0.4) is 0 Å². The molecule has 0 saturated carbocycles. The first-order valence-electron chi connectivity index (χ1n) is 6.92. The fourth-order valence-electron chi connectivity index (χ4n) is 2.15. The lowest BCUT2D eigenvalue weighted by Crippen LogP contribution is -2.27. The molecular formula is C16H16N4O2. The van der Waals surface area contributed by atoms with E-state index >= 15 is 0 Å². The summed E-state index contributed by atoms with van der Waals surface area (Å²) in [5, 5.41) is 0.842. The number of nitrogens with zero attached hydrogens (tertiary/aromatic N) is 4. The predicted octanol–water partition coefficient (Wildman–Crippen LogP) is 3.28. The molecule has 0 saturated heterocycles. The summed E-state index contributed by atoms with van der Waals surface area (Å²) < 4.78 is 6.92. The van der Waals surface area contributed by atoms with E-state index in [9.17, 15) is 4.79 Å². The number of carbonyl (C=O) groups is 1. The Morgan fingerprint density at radius 2 is 2.00 bits per heavy atom. The number of pyridine rings is 1. The first kappa shape index (κ1) is 14.2. The summed E-state index contributed by atoms with van der Waals surface area (Å²) in [5.41, 5.74) is 1.14. The first-order valence-corrected chi connectivity index (χ1v) is 6.92. The number of hydrogen-bond donors (Lipinski definition) is 0. The molecule has 0 amide bonds. The number of aromatic nitrogens is 4. The van der Waals surface area contributed by atoms with Crippen molar-refractivity contribution in [3.8, 4) is 11.4 Å². The summed E-state index contributed by atoms with van der Waals surface area (Å²) in [6, 6.07) is 5.57. The van der Waals surface area contributed by atoms with E-state index in [0.29, 0.717) is 17.0 Å². The summed E-state index contributed by atoms with van der Waals surface area (Å²) in [6.45, 7) is 5.48. The number of ether oxygens (including phenoxy) is 1. The number of fused-ring (bicyclic) bond motifs is 1. The van der Waals surface area contributed by atoms with Gasteiger partial charge in [0, 0.05) is 24.0 Å². The van der Waals surface area contributed by atoms with Gasteiger partial charge in [-0.15, -0.1) is 0 Å². The van der Waals surface area contributed by atoms with Crippen molar-refractivity contribution in [1.82, 2.24) is 19.5 Å². The Hall–Kier alpha value is -2.76. The fraction of sp³-hybridized carbons (Fsp3) is 0.250. The Balaban J connectivity index is 2.20. The Morgan fingerprint density at radius 1 is 1.18 bits per heavy atom. The van der Waals surface area contributed by atoms with E-state index in [-0.39, 0.29) is 0 Å². The van der Waals surface area contributed by atoms with Crippen LogP contribution in [-0.2, 0) is 4.74 Å². The molecular weight excluding hydrogens is 280 g/mol. The summed E-state index contributed by atoms with van der Waals surface area (Å²) >= 11 is 0. The smallest absolute Gasteiger partial charge is 0.420 e. The van der Waals surface area contributed by atoms with Crippen LogP contribution in [0, 0.1) is 0 Å². The lowest BCUT2D eigenvalue weighted by Gasteiger charge is -2.20. The molecule has 0 radical (unpaired) electrons. The van der Waals surface area contributed by atoms with Gasteiger partial charge in [-0.3, -0.25) is 9.97 Å². The maximum absolute atomic E-state index is 12.6. The third-order valence-electron chi connectivity index (χ3n) is 2.96. The average Bonchev–Trinajstić information content (AvgIpc) is 2.86. The van der Waals surface area contributed by atoms with Gasteiger partial charge in [0.2, 0.25) is 0 Å². The second kappa shape index (κ2) is 5.22. The highest BCUT2D eigenvalue weighted by atomic mass is 16.6. The first-order chi connectivity index (χ1) is 10.5. The van der Waals surface area contributed by atoms with Crippen molar-refractivity contribution in [2.24, 2.45) is 0 Å². The molecule has 112 valence electrons. The Labute approximate surface area is 127 Å². The molecule has 0 aliphatic rings. The molecule has 6 heteroatoms. The van der Waals surface area contributed by atoms with Gasteiger partial charge in [0.15, 0.2) is 0 Å². The molecule has 6 nitrogen and oxygen atoms in total. The van der Waals surface area contributed by atoms with Crippen LogP contribution < -0.4 is 0 Å². The van der Waals surface area contributed by atoms with E-state index in [1.165, 1.54) is 4.57 Å². The van der Waals surface area contributed by atoms with Crippen molar-refractivity contribution in [2.75, 3.05) is 0 Å². The quantitative estimate of drug-likeness (QED) is 0.689. The van der Waals surface area contributed by atoms with Gasteiger partial charge in [0.05, 0.1) is 11.9 Å². The van der Waals surface area contributed by atoms with Crippen LogP contribution >= 0.6 is 0 Å². The largest absolute Gasteiger partial charge is 0.443 e. The Bertz CT molecular complexity index is 819. The van der Waals surface area contributed by atoms with Gasteiger partial charge in [0.25, 0.3) is 0 Å². The summed E-state index contributed by atoms with van der Waals surface area (Å²) in [5.74, 6) is 0. The Kier molecular flexibility index (Phi) is 3.36. The van der Waals surface area contributed by atoms with Crippen molar-refractivity contribution >= 4 is 17.1 Å². The zero-order chi connectivity index (χ0) is 15.7. The van der Waals surface area contributed by atoms with Crippen LogP contribution in [0.4, 0.5) is 4.79 Å². The molecule has 0 aromatic carbocycles. The third kappa shape index (κ3) is 2.67. The van der Waals surface area contributed by atoms with E-state index in [1.807, 2.05) is 39.0 Å². The Morgan fingerprint density at radius 3 is 2.68 bits per heavy atom. The van der Waals surface area contributed by atoms with Crippen molar-refractivity contribution in [2.45, 2.75) is 26.4 Å². The van der Waals surface area contributed by atoms with E-state index < -0.39 is 11.7 Å². The molecule has 0 bridgehead atoms. The second-order valence-electron chi connectivity index (χ2n) is 5.85. The highest BCUT2D eigenvalue weighted by Gasteiger charge is 2.23. The monoisotopic (exact) mass is 296 g/mol. The van der Waals surface area contributed by atoms with Crippen molar-refractivity contribution in [1.29, 1.82) is 0 Å². The molecule has 3 rings (SSSR count). The summed E-state index contributed by atoms with van der Waals surface area (Å²) in [4.78, 5) is 25.2. The van der Waals surface area contributed by atoms with Gasteiger partial charge in [-0.05, 0) is 39.0 Å². The number of carbonyl (C=O) groups excluding carboxylic acids is 1. The zero-order valence-corrected chi connectivity index (χ0v) is 12.6. The van der Waals surface area contributed by atoms with E-state index in [0.717, 1.165) is 5.39 Å². The fourth-order valence-corrected chi connectivity index (χ4v) is 2.15. The van der Waals surface area contributed by atoms with Gasteiger partial charge in [-0.1, -0.05) is 0 Å². The molecule has 0 atom stereocenters. The second-order valence-corrected chi connectivity index (χ2v) is 5.85. The van der Waals surface area contributed by atoms with Crippen LogP contribution in [-0.4, -0.2) is 31.2 Å². The van der Waals surface area contributed by atoms with Gasteiger partial charge in [0.1, 0.15) is 16.9 Å². The topological polar surface area (TPSA) is 69.9 Å². The van der Waals surface area contributed by atoms with Crippen molar-refractivity contribution in [3.05, 3.63) is 43.0 Å². The van der Waals surface area contributed by atoms with Crippen molar-refractivity contribution < 1.29 is 9.53 Å². The predicted molar refractivity (Wildman–Crippen MR) is 82.4 cm³/mol. The highest BCUT2D eigenvalue weighted by Crippen LogP contribution is 2.26. The van der Waals surface area contributed by atoms with Crippen LogP contribution in [0.1, 0.15) is 20.8 Å². The van der Waals surface area contributed by atoms with Gasteiger partial charge >= 0.3 is 6.09 Å². The molecule has 3 aromatic heterocycles. The summed E-state index contributed by atoms with van der Waals surface area (Å²) in [7, 11) is 0. The molecule has 0 spiro atoms. The zero-order valence-electron chi connectivity index (χ0n) is 12.6. The van der Waals surface area contributed by atoms with E-state index in [1.54, 1.807) is 24.8 Å². The molecule has 0 N–H and O–H groups in total. The molecule has 3 heterocycles. The normalized spacial score (nSPS) is 11.6. The minimum atomic E-state index is -0.595. The minimum absolute atomic E-state index is 0.484. The maximum atomic E-state index is 12.6. The van der Waals surface area contributed by atoms with Crippen LogP contribution in [0.2, 0.25) is 0 Å². The minimum Gasteiger partial charge on any atom is -0.443 e. The van der Waals surface area contributed by atoms with Crippen molar-refractivity contribution in [3.63, 3.8) is 0 Å². The molecule has 22 heavy (non-hydrogen) atoms. The van der Waals surface area contributed by atoms with Gasteiger partial charge in [-0.25, -0.2) is 14.3 Å². The maximum Gasteiger partial charge on any atom is 0.420 e. The molecule has 0 fully saturated rings. The summed E-state index contributed by atoms with van der Waals surface area (Å²) in [6.07, 6.45) is 5.93. The van der Waals surface area contributed by atoms with Crippen LogP contribution in [0.25, 0.3) is 22.4 Å². The SMILES string of the molecule is CC(C)(C)OC(=O)n1c(-c2cnccn2)cc2cccnc21. The van der Waals surface area contributed by atoms with E-state index in [2.05, 4.69) is 15.0 Å². The van der Waals surface area contributed by atoms with E-state index in [4.69, 9.17) is 4.74 Å². The third-order valence-corrected chi connectivity index (χ3v) is 2.96. The van der Waals surface area contributed by atoms with Crippen LogP contribution in [0.5, 0.6) is 0 Å². The van der Waals surface area contributed by atoms with Gasteiger partial charge < -0.3 is 4.74 Å². The number of rotatable bonds is 1. The van der Waals surface area contributed by atoms with Crippen LogP contribution in [0.15, 0.2) is 43.0 Å². The lowest BCUT2D eigenvalue weighted by molar-refractivity contribution is 0.0546. The molecule has 0 aliphatic heterocycles. The molecule has 0 aliphatic carbocycles. The number of hydrogen-bond acceptors (Lipinski definition) is 5.